The van der Waals surface area contributed by atoms with Gasteiger partial charge in [-0.1, -0.05) is 29.8 Å². The molecule has 1 saturated heterocycles. The molecule has 0 radical (unpaired) electrons. The van der Waals surface area contributed by atoms with Crippen molar-refractivity contribution in [1.82, 2.24) is 10.2 Å². The van der Waals surface area contributed by atoms with Crippen LogP contribution in [0.2, 0.25) is 0 Å². The number of rotatable bonds is 5. The van der Waals surface area contributed by atoms with Crippen LogP contribution in [0.3, 0.4) is 0 Å². The van der Waals surface area contributed by atoms with Crippen molar-refractivity contribution in [3.63, 3.8) is 0 Å². The van der Waals surface area contributed by atoms with Gasteiger partial charge in [-0.2, -0.15) is 0 Å². The van der Waals surface area contributed by atoms with Crippen LogP contribution < -0.4 is 5.32 Å². The number of hydrogen-bond acceptors (Lipinski definition) is 3. The molecule has 2 fully saturated rings. The third kappa shape index (κ3) is 3.59. The molecule has 0 unspecified atom stereocenters. The molecule has 1 aromatic rings. The summed E-state index contributed by atoms with van der Waals surface area (Å²) in [7, 11) is 0. The Balaban J connectivity index is 1.63. The van der Waals surface area contributed by atoms with Crippen LogP contribution in [0, 0.1) is 12.8 Å². The van der Waals surface area contributed by atoms with Gasteiger partial charge < -0.3 is 10.2 Å². The predicted molar refractivity (Wildman–Crippen MR) is 83.8 cm³/mol. The molecular weight excluding hydrogens is 284 g/mol. The maximum atomic E-state index is 12.2. The zero-order valence-corrected chi connectivity index (χ0v) is 13.0. The minimum atomic E-state index is -0.0525. The molecule has 1 atom stereocenters. The van der Waals surface area contributed by atoms with Crippen molar-refractivity contribution in [1.29, 1.82) is 0 Å². The van der Waals surface area contributed by atoms with Gasteiger partial charge in [-0.05, 0) is 31.2 Å². The van der Waals surface area contributed by atoms with Gasteiger partial charge in [0.15, 0.2) is 0 Å². The second-order valence-electron chi connectivity index (χ2n) is 5.86. The monoisotopic (exact) mass is 304 g/mol. The highest BCUT2D eigenvalue weighted by Gasteiger charge is 2.34. The zero-order valence-electron chi connectivity index (χ0n) is 12.2. The molecule has 2 amide bonds. The number of benzene rings is 1. The van der Waals surface area contributed by atoms with E-state index in [4.69, 9.17) is 0 Å². The van der Waals surface area contributed by atoms with Crippen molar-refractivity contribution in [2.75, 3.05) is 18.2 Å². The van der Waals surface area contributed by atoms with Crippen LogP contribution in [-0.4, -0.2) is 34.9 Å². The standard InChI is InChI=1S/C16H20N2O2S/c1-11-2-4-12(5-3-11)16(13-6-7-13)17-14(19)8-18-10-21-9-15(18)20/h2-5,13,16H,6-10H2,1H3,(H,17,19)/t16-/m1/s1. The maximum absolute atomic E-state index is 12.2. The summed E-state index contributed by atoms with van der Waals surface area (Å²) in [5.41, 5.74) is 2.39. The quantitative estimate of drug-likeness (QED) is 0.906. The molecule has 0 spiro atoms. The summed E-state index contributed by atoms with van der Waals surface area (Å²) >= 11 is 1.56. The summed E-state index contributed by atoms with van der Waals surface area (Å²) in [5, 5.41) is 3.12. The number of hydrogen-bond donors (Lipinski definition) is 1. The van der Waals surface area contributed by atoms with E-state index in [1.165, 1.54) is 11.1 Å². The Labute approximate surface area is 129 Å². The van der Waals surface area contributed by atoms with Gasteiger partial charge >= 0.3 is 0 Å². The number of amides is 2. The lowest BCUT2D eigenvalue weighted by Crippen LogP contribution is -2.40. The first kappa shape index (κ1) is 14.4. The molecule has 1 saturated carbocycles. The van der Waals surface area contributed by atoms with Crippen molar-refractivity contribution in [3.05, 3.63) is 35.4 Å². The van der Waals surface area contributed by atoms with E-state index in [-0.39, 0.29) is 24.4 Å². The fourth-order valence-corrected chi connectivity index (χ4v) is 3.51. The van der Waals surface area contributed by atoms with Crippen LogP contribution in [0.1, 0.15) is 30.0 Å². The van der Waals surface area contributed by atoms with Crippen molar-refractivity contribution in [2.24, 2.45) is 5.92 Å². The lowest BCUT2D eigenvalue weighted by Gasteiger charge is -2.21. The Morgan fingerprint density at radius 3 is 2.67 bits per heavy atom. The molecule has 1 aromatic carbocycles. The van der Waals surface area contributed by atoms with E-state index in [2.05, 4.69) is 36.5 Å². The molecule has 2 aliphatic rings. The topological polar surface area (TPSA) is 49.4 Å². The molecule has 5 heteroatoms. The van der Waals surface area contributed by atoms with Gasteiger partial charge in [-0.3, -0.25) is 9.59 Å². The number of nitrogens with zero attached hydrogens (tertiary/aromatic N) is 1. The molecule has 3 rings (SSSR count). The Bertz CT molecular complexity index is 540. The number of nitrogens with one attached hydrogen (secondary N) is 1. The van der Waals surface area contributed by atoms with Gasteiger partial charge in [0, 0.05) is 0 Å². The highest BCUT2D eigenvalue weighted by Crippen LogP contribution is 2.41. The maximum Gasteiger partial charge on any atom is 0.240 e. The molecule has 1 heterocycles. The van der Waals surface area contributed by atoms with E-state index in [9.17, 15) is 9.59 Å². The molecule has 112 valence electrons. The largest absolute Gasteiger partial charge is 0.347 e. The highest BCUT2D eigenvalue weighted by molar-refractivity contribution is 8.00. The summed E-state index contributed by atoms with van der Waals surface area (Å²) < 4.78 is 0. The summed E-state index contributed by atoms with van der Waals surface area (Å²) in [4.78, 5) is 25.4. The van der Waals surface area contributed by atoms with Crippen LogP contribution >= 0.6 is 11.8 Å². The molecule has 1 aliphatic heterocycles. The first-order valence-corrected chi connectivity index (χ1v) is 8.50. The first-order valence-electron chi connectivity index (χ1n) is 7.35. The minimum Gasteiger partial charge on any atom is -0.347 e. The number of carbonyl (C=O) groups excluding carboxylic acids is 2. The summed E-state index contributed by atoms with van der Waals surface area (Å²) in [6, 6.07) is 8.43. The average Bonchev–Trinajstić information content (AvgIpc) is 3.23. The van der Waals surface area contributed by atoms with Crippen molar-refractivity contribution < 1.29 is 9.59 Å². The van der Waals surface area contributed by atoms with Gasteiger partial charge in [-0.25, -0.2) is 0 Å². The van der Waals surface area contributed by atoms with Crippen LogP contribution in [0.25, 0.3) is 0 Å². The molecule has 0 aromatic heterocycles. The smallest absolute Gasteiger partial charge is 0.240 e. The van der Waals surface area contributed by atoms with E-state index in [1.54, 1.807) is 16.7 Å². The molecular formula is C16H20N2O2S. The summed E-state index contributed by atoms with van der Waals surface area (Å²) in [6.07, 6.45) is 2.33. The summed E-state index contributed by atoms with van der Waals surface area (Å²) in [5.74, 6) is 1.68. The molecule has 1 aliphatic carbocycles. The average molecular weight is 304 g/mol. The SMILES string of the molecule is Cc1ccc([C@@H](NC(=O)CN2CSCC2=O)C2CC2)cc1. The fraction of sp³-hybridized carbons (Fsp3) is 0.500. The zero-order chi connectivity index (χ0) is 14.8. The Kier molecular flexibility index (Phi) is 4.19. The van der Waals surface area contributed by atoms with Gasteiger partial charge in [0.1, 0.15) is 6.54 Å². The Hall–Kier alpha value is -1.49. The van der Waals surface area contributed by atoms with E-state index in [0.29, 0.717) is 17.5 Å². The molecule has 4 nitrogen and oxygen atoms in total. The lowest BCUT2D eigenvalue weighted by atomic mass is 10.0. The van der Waals surface area contributed by atoms with Gasteiger partial charge in [0.05, 0.1) is 17.7 Å². The highest BCUT2D eigenvalue weighted by atomic mass is 32.2. The van der Waals surface area contributed by atoms with Crippen LogP contribution in [-0.2, 0) is 9.59 Å². The normalized spacial score (nSPS) is 19.7. The van der Waals surface area contributed by atoms with Crippen molar-refractivity contribution >= 4 is 23.6 Å². The fourth-order valence-electron chi connectivity index (χ4n) is 2.61. The second kappa shape index (κ2) is 6.10. The Morgan fingerprint density at radius 2 is 2.10 bits per heavy atom. The van der Waals surface area contributed by atoms with Gasteiger partial charge in [-0.15, -0.1) is 11.8 Å². The number of aryl methyl sites for hydroxylation is 1. The Morgan fingerprint density at radius 1 is 1.38 bits per heavy atom. The minimum absolute atomic E-state index is 0.0525. The lowest BCUT2D eigenvalue weighted by molar-refractivity contribution is -0.132. The number of thioether (sulfide) groups is 1. The van der Waals surface area contributed by atoms with E-state index in [0.717, 1.165) is 12.8 Å². The third-order valence-electron chi connectivity index (χ3n) is 4.01. The predicted octanol–water partition coefficient (Wildman–Crippen LogP) is 2.10. The van der Waals surface area contributed by atoms with E-state index >= 15 is 0 Å². The van der Waals surface area contributed by atoms with E-state index < -0.39 is 0 Å². The first-order chi connectivity index (χ1) is 10.1. The van der Waals surface area contributed by atoms with Crippen LogP contribution in [0.5, 0.6) is 0 Å². The number of carbonyl (C=O) groups is 2. The molecule has 21 heavy (non-hydrogen) atoms. The van der Waals surface area contributed by atoms with Crippen LogP contribution in [0.15, 0.2) is 24.3 Å². The van der Waals surface area contributed by atoms with Crippen LogP contribution in [0.4, 0.5) is 0 Å². The van der Waals surface area contributed by atoms with Gasteiger partial charge in [0.2, 0.25) is 11.8 Å². The van der Waals surface area contributed by atoms with Crippen molar-refractivity contribution in [3.8, 4) is 0 Å². The summed E-state index contributed by atoms with van der Waals surface area (Å²) in [6.45, 7) is 2.24. The molecule has 1 N–H and O–H groups in total. The van der Waals surface area contributed by atoms with Crippen molar-refractivity contribution in [2.45, 2.75) is 25.8 Å². The van der Waals surface area contributed by atoms with Gasteiger partial charge in [0.25, 0.3) is 0 Å². The van der Waals surface area contributed by atoms with E-state index in [1.807, 2.05) is 0 Å². The molecule has 0 bridgehead atoms. The third-order valence-corrected chi connectivity index (χ3v) is 4.95. The second-order valence-corrected chi connectivity index (χ2v) is 6.82.